The van der Waals surface area contributed by atoms with Gasteiger partial charge in [0, 0.05) is 19.2 Å². The highest BCUT2D eigenvalue weighted by Gasteiger charge is 2.41. The molecule has 0 saturated carbocycles. The second-order valence-electron chi connectivity index (χ2n) is 7.24. The Morgan fingerprint density at radius 1 is 1.15 bits per heavy atom. The fraction of sp³-hybridized carbons (Fsp3) is 0.381. The number of amides is 2. The first kappa shape index (κ1) is 17.5. The van der Waals surface area contributed by atoms with Gasteiger partial charge in [-0.25, -0.2) is 0 Å². The zero-order valence-electron chi connectivity index (χ0n) is 15.4. The Bertz CT molecular complexity index is 834. The smallest absolute Gasteiger partial charge is 0.228 e. The number of nitrogens with zero attached hydrogens (tertiary/aromatic N) is 3. The van der Waals surface area contributed by atoms with Crippen molar-refractivity contribution in [2.45, 2.75) is 26.0 Å². The molecule has 2 fully saturated rings. The van der Waals surface area contributed by atoms with Crippen molar-refractivity contribution in [3.8, 4) is 5.75 Å². The summed E-state index contributed by atoms with van der Waals surface area (Å²) in [7, 11) is 0. The van der Waals surface area contributed by atoms with Gasteiger partial charge in [-0.3, -0.25) is 14.6 Å². The monoisotopic (exact) mass is 365 g/mol. The van der Waals surface area contributed by atoms with E-state index in [1.807, 2.05) is 49.4 Å². The molecule has 140 valence electrons. The molecule has 2 aliphatic rings. The third-order valence-electron chi connectivity index (χ3n) is 5.19. The van der Waals surface area contributed by atoms with Crippen LogP contribution >= 0.6 is 0 Å². The summed E-state index contributed by atoms with van der Waals surface area (Å²) in [5, 5.41) is 0. The zero-order chi connectivity index (χ0) is 18.8. The molecule has 2 aromatic rings. The second kappa shape index (κ2) is 7.39. The number of benzene rings is 1. The highest BCUT2D eigenvalue weighted by Crippen LogP contribution is 2.26. The molecule has 6 nitrogen and oxygen atoms in total. The van der Waals surface area contributed by atoms with Crippen molar-refractivity contribution in [2.24, 2.45) is 5.92 Å². The van der Waals surface area contributed by atoms with Gasteiger partial charge in [0.2, 0.25) is 11.8 Å². The average molecular weight is 365 g/mol. The number of hydrogen-bond donors (Lipinski definition) is 0. The van der Waals surface area contributed by atoms with Crippen LogP contribution in [0.2, 0.25) is 0 Å². The predicted octanol–water partition coefficient (Wildman–Crippen LogP) is 2.03. The molecule has 3 heterocycles. The van der Waals surface area contributed by atoms with E-state index in [1.54, 1.807) is 16.0 Å². The maximum absolute atomic E-state index is 12.7. The van der Waals surface area contributed by atoms with Crippen LogP contribution in [-0.4, -0.2) is 52.3 Å². The van der Waals surface area contributed by atoms with E-state index in [0.717, 1.165) is 17.0 Å². The normalized spacial score (nSPS) is 19.9. The van der Waals surface area contributed by atoms with Gasteiger partial charge in [0.25, 0.3) is 0 Å². The van der Waals surface area contributed by atoms with E-state index in [-0.39, 0.29) is 30.3 Å². The van der Waals surface area contributed by atoms with Crippen LogP contribution in [0.15, 0.2) is 48.7 Å². The molecule has 6 heteroatoms. The first-order chi connectivity index (χ1) is 13.1. The van der Waals surface area contributed by atoms with Gasteiger partial charge in [-0.05, 0) is 30.7 Å². The Morgan fingerprint density at radius 2 is 1.93 bits per heavy atom. The van der Waals surface area contributed by atoms with E-state index in [4.69, 9.17) is 4.74 Å². The van der Waals surface area contributed by atoms with Gasteiger partial charge in [-0.2, -0.15) is 0 Å². The van der Waals surface area contributed by atoms with Crippen LogP contribution in [0.4, 0.5) is 0 Å². The Labute approximate surface area is 158 Å². The van der Waals surface area contributed by atoms with Crippen molar-refractivity contribution < 1.29 is 14.3 Å². The molecule has 0 N–H and O–H groups in total. The lowest BCUT2D eigenvalue weighted by Crippen LogP contribution is -2.57. The summed E-state index contributed by atoms with van der Waals surface area (Å²) in [6.07, 6.45) is 2.02. The minimum absolute atomic E-state index is 0.0206. The number of aromatic nitrogens is 1. The number of aryl methyl sites for hydroxylation is 1. The molecule has 0 unspecified atom stereocenters. The summed E-state index contributed by atoms with van der Waals surface area (Å²) in [5.41, 5.74) is 1.93. The fourth-order valence-electron chi connectivity index (χ4n) is 3.60. The SMILES string of the molecule is Cc1ccccc1OC1CN(C(=O)[C@H]2CC(=O)N(Cc3ccccn3)C2)C1. The lowest BCUT2D eigenvalue weighted by atomic mass is 10.0. The quantitative estimate of drug-likeness (QED) is 0.813. The lowest BCUT2D eigenvalue weighted by molar-refractivity contribution is -0.144. The van der Waals surface area contributed by atoms with Crippen molar-refractivity contribution in [3.05, 3.63) is 59.9 Å². The standard InChI is InChI=1S/C21H23N3O3/c1-15-6-2-3-8-19(15)27-18-13-24(14-18)21(26)16-10-20(25)23(11-16)12-17-7-4-5-9-22-17/h2-9,16,18H,10-14H2,1H3/t16-/m0/s1. The van der Waals surface area contributed by atoms with Crippen LogP contribution in [0.3, 0.4) is 0 Å². The molecule has 0 radical (unpaired) electrons. The van der Waals surface area contributed by atoms with Crippen molar-refractivity contribution in [2.75, 3.05) is 19.6 Å². The van der Waals surface area contributed by atoms with E-state index in [0.29, 0.717) is 26.2 Å². The van der Waals surface area contributed by atoms with Crippen molar-refractivity contribution in [1.82, 2.24) is 14.8 Å². The van der Waals surface area contributed by atoms with E-state index in [1.165, 1.54) is 0 Å². The first-order valence-electron chi connectivity index (χ1n) is 9.29. The van der Waals surface area contributed by atoms with Gasteiger partial charge in [-0.15, -0.1) is 0 Å². The molecule has 2 aliphatic heterocycles. The molecular weight excluding hydrogens is 342 g/mol. The third kappa shape index (κ3) is 3.79. The summed E-state index contributed by atoms with van der Waals surface area (Å²) in [6.45, 7) is 4.10. The summed E-state index contributed by atoms with van der Waals surface area (Å²) in [4.78, 5) is 32.8. The fourth-order valence-corrected chi connectivity index (χ4v) is 3.60. The lowest BCUT2D eigenvalue weighted by Gasteiger charge is -2.40. The van der Waals surface area contributed by atoms with Crippen LogP contribution in [-0.2, 0) is 16.1 Å². The average Bonchev–Trinajstić information content (AvgIpc) is 3.00. The van der Waals surface area contributed by atoms with Gasteiger partial charge >= 0.3 is 0 Å². The number of likely N-dealkylation sites (tertiary alicyclic amines) is 2. The van der Waals surface area contributed by atoms with Crippen molar-refractivity contribution in [3.63, 3.8) is 0 Å². The van der Waals surface area contributed by atoms with Crippen molar-refractivity contribution >= 4 is 11.8 Å². The van der Waals surface area contributed by atoms with Gasteiger partial charge in [0.05, 0.1) is 31.2 Å². The number of carbonyl (C=O) groups excluding carboxylic acids is 2. The number of carbonyl (C=O) groups is 2. The Hall–Kier alpha value is -2.89. The number of hydrogen-bond acceptors (Lipinski definition) is 4. The van der Waals surface area contributed by atoms with E-state index >= 15 is 0 Å². The van der Waals surface area contributed by atoms with Gasteiger partial charge < -0.3 is 14.5 Å². The molecule has 1 aromatic heterocycles. The Balaban J connectivity index is 1.28. The Kier molecular flexibility index (Phi) is 4.79. The van der Waals surface area contributed by atoms with Crippen LogP contribution in [0.5, 0.6) is 5.75 Å². The molecule has 4 rings (SSSR count). The molecule has 1 aromatic carbocycles. The van der Waals surface area contributed by atoms with Crippen molar-refractivity contribution in [1.29, 1.82) is 0 Å². The number of rotatable bonds is 5. The minimum Gasteiger partial charge on any atom is -0.486 e. The van der Waals surface area contributed by atoms with Gasteiger partial charge in [0.15, 0.2) is 0 Å². The molecular formula is C21H23N3O3. The number of pyridine rings is 1. The topological polar surface area (TPSA) is 62.7 Å². The van der Waals surface area contributed by atoms with Gasteiger partial charge in [0.1, 0.15) is 11.9 Å². The minimum atomic E-state index is -0.263. The Morgan fingerprint density at radius 3 is 2.67 bits per heavy atom. The van der Waals surface area contributed by atoms with Crippen LogP contribution in [0.25, 0.3) is 0 Å². The van der Waals surface area contributed by atoms with Gasteiger partial charge in [-0.1, -0.05) is 24.3 Å². The summed E-state index contributed by atoms with van der Waals surface area (Å²) < 4.78 is 5.97. The molecule has 2 amide bonds. The van der Waals surface area contributed by atoms with E-state index < -0.39 is 0 Å². The van der Waals surface area contributed by atoms with Crippen LogP contribution < -0.4 is 4.74 Å². The maximum Gasteiger partial charge on any atom is 0.228 e. The number of para-hydroxylation sites is 1. The molecule has 0 spiro atoms. The third-order valence-corrected chi connectivity index (χ3v) is 5.19. The summed E-state index contributed by atoms with van der Waals surface area (Å²) in [6, 6.07) is 13.5. The number of ether oxygens (including phenoxy) is 1. The molecule has 0 aliphatic carbocycles. The molecule has 2 saturated heterocycles. The first-order valence-corrected chi connectivity index (χ1v) is 9.29. The highest BCUT2D eigenvalue weighted by atomic mass is 16.5. The second-order valence-corrected chi connectivity index (χ2v) is 7.24. The highest BCUT2D eigenvalue weighted by molar-refractivity contribution is 5.89. The molecule has 1 atom stereocenters. The summed E-state index contributed by atoms with van der Waals surface area (Å²) >= 11 is 0. The predicted molar refractivity (Wildman–Crippen MR) is 99.9 cm³/mol. The molecule has 0 bridgehead atoms. The van der Waals surface area contributed by atoms with E-state index in [9.17, 15) is 9.59 Å². The van der Waals surface area contributed by atoms with Crippen LogP contribution in [0, 0.1) is 12.8 Å². The molecule has 27 heavy (non-hydrogen) atoms. The largest absolute Gasteiger partial charge is 0.486 e. The van der Waals surface area contributed by atoms with E-state index in [2.05, 4.69) is 4.98 Å². The maximum atomic E-state index is 12.7. The van der Waals surface area contributed by atoms with Crippen LogP contribution in [0.1, 0.15) is 17.7 Å². The summed E-state index contributed by atoms with van der Waals surface area (Å²) in [5.74, 6) is 0.677. The zero-order valence-corrected chi connectivity index (χ0v) is 15.4.